The lowest BCUT2D eigenvalue weighted by Gasteiger charge is -2.08. The van der Waals surface area contributed by atoms with E-state index in [0.717, 1.165) is 28.9 Å². The van der Waals surface area contributed by atoms with Crippen LogP contribution in [0.5, 0.6) is 0 Å². The molecule has 6 nitrogen and oxygen atoms in total. The van der Waals surface area contributed by atoms with Crippen molar-refractivity contribution in [2.24, 2.45) is 0 Å². The molecule has 0 aromatic carbocycles. The van der Waals surface area contributed by atoms with E-state index in [9.17, 15) is 8.42 Å². The Bertz CT molecular complexity index is 727. The molecule has 0 atom stereocenters. The Balaban J connectivity index is 2.19. The minimum Gasteiger partial charge on any atom is -0.313 e. The zero-order chi connectivity index (χ0) is 15.5. The average Bonchev–Trinajstić information content (AvgIpc) is 2.71. The van der Waals surface area contributed by atoms with Gasteiger partial charge in [0.2, 0.25) is 10.0 Å². The number of nitrogens with one attached hydrogen (secondary N) is 1. The number of rotatable bonds is 7. The second kappa shape index (κ2) is 6.72. The second-order valence-corrected chi connectivity index (χ2v) is 7.15. The van der Waals surface area contributed by atoms with Crippen molar-refractivity contribution in [2.45, 2.75) is 26.3 Å². The first-order valence-electron chi connectivity index (χ1n) is 6.74. The summed E-state index contributed by atoms with van der Waals surface area (Å²) in [4.78, 5) is 9.07. The van der Waals surface area contributed by atoms with Crippen molar-refractivity contribution < 1.29 is 8.42 Å². The Hall–Kier alpha value is -1.18. The first-order chi connectivity index (χ1) is 9.90. The Labute approximate surface area is 129 Å². The Morgan fingerprint density at radius 2 is 2.10 bits per heavy atom. The predicted molar refractivity (Wildman–Crippen MR) is 84.2 cm³/mol. The van der Waals surface area contributed by atoms with Crippen LogP contribution in [-0.2, 0) is 23.0 Å². The number of aryl methyl sites for hydroxylation is 3. The minimum atomic E-state index is -3.15. The molecule has 0 bridgehead atoms. The third-order valence-corrected chi connectivity index (χ3v) is 3.97. The number of hydrogen-bond donors (Lipinski definition) is 1. The fourth-order valence-corrected chi connectivity index (χ4v) is 2.83. The monoisotopic (exact) mass is 330 g/mol. The van der Waals surface area contributed by atoms with E-state index in [1.807, 2.05) is 23.6 Å². The molecule has 2 heterocycles. The standard InChI is InChI=1S/C13H19ClN4O2S/c1-10-4-5-11-13(16-10)18(12(17-11)6-7-14)9-3-8-15-21(2,19)20/h4-5,15H,3,6-9H2,1-2H3. The number of imidazole rings is 1. The van der Waals surface area contributed by atoms with Crippen LogP contribution in [0, 0.1) is 6.92 Å². The molecule has 0 radical (unpaired) electrons. The fraction of sp³-hybridized carbons (Fsp3) is 0.538. The molecule has 0 aliphatic carbocycles. The summed E-state index contributed by atoms with van der Waals surface area (Å²) >= 11 is 5.82. The molecule has 1 N–H and O–H groups in total. The van der Waals surface area contributed by atoms with Gasteiger partial charge in [-0.05, 0) is 25.5 Å². The van der Waals surface area contributed by atoms with Crippen molar-refractivity contribution in [1.29, 1.82) is 0 Å². The average molecular weight is 331 g/mol. The van der Waals surface area contributed by atoms with E-state index < -0.39 is 10.0 Å². The summed E-state index contributed by atoms with van der Waals surface area (Å²) in [7, 11) is -3.15. The molecular formula is C13H19ClN4O2S. The molecule has 0 saturated heterocycles. The van der Waals surface area contributed by atoms with Crippen LogP contribution in [0.2, 0.25) is 0 Å². The first-order valence-corrected chi connectivity index (χ1v) is 9.16. The number of alkyl halides is 1. The maximum atomic E-state index is 11.1. The van der Waals surface area contributed by atoms with Crippen LogP contribution in [-0.4, -0.2) is 41.6 Å². The molecule has 0 aliphatic rings. The zero-order valence-corrected chi connectivity index (χ0v) is 13.7. The molecule has 0 unspecified atom stereocenters. The molecule has 21 heavy (non-hydrogen) atoms. The zero-order valence-electron chi connectivity index (χ0n) is 12.1. The maximum Gasteiger partial charge on any atom is 0.208 e. The molecule has 0 aliphatic heterocycles. The van der Waals surface area contributed by atoms with Crippen LogP contribution in [0.3, 0.4) is 0 Å². The second-order valence-electron chi connectivity index (χ2n) is 4.93. The van der Waals surface area contributed by atoms with Gasteiger partial charge in [-0.15, -0.1) is 11.6 Å². The summed E-state index contributed by atoms with van der Waals surface area (Å²) in [6.45, 7) is 2.98. The van der Waals surface area contributed by atoms with Crippen LogP contribution >= 0.6 is 11.6 Å². The van der Waals surface area contributed by atoms with Crippen LogP contribution in [0.1, 0.15) is 17.9 Å². The van der Waals surface area contributed by atoms with E-state index in [0.29, 0.717) is 31.8 Å². The topological polar surface area (TPSA) is 76.9 Å². The third-order valence-electron chi connectivity index (χ3n) is 3.05. The quantitative estimate of drug-likeness (QED) is 0.616. The van der Waals surface area contributed by atoms with Gasteiger partial charge in [-0.3, -0.25) is 0 Å². The van der Waals surface area contributed by atoms with Gasteiger partial charge in [-0.1, -0.05) is 0 Å². The van der Waals surface area contributed by atoms with Crippen LogP contribution in [0.25, 0.3) is 11.2 Å². The lowest BCUT2D eigenvalue weighted by molar-refractivity contribution is 0.573. The van der Waals surface area contributed by atoms with Gasteiger partial charge in [0, 0.05) is 31.1 Å². The fourth-order valence-electron chi connectivity index (χ4n) is 2.15. The van der Waals surface area contributed by atoms with Gasteiger partial charge in [0.15, 0.2) is 5.65 Å². The number of nitrogens with zero attached hydrogens (tertiary/aromatic N) is 3. The highest BCUT2D eigenvalue weighted by Gasteiger charge is 2.11. The van der Waals surface area contributed by atoms with Crippen molar-refractivity contribution in [3.05, 3.63) is 23.7 Å². The molecule has 2 rings (SSSR count). The Kier molecular flexibility index (Phi) is 5.18. The number of sulfonamides is 1. The summed E-state index contributed by atoms with van der Waals surface area (Å²) in [5.41, 5.74) is 2.60. The highest BCUT2D eigenvalue weighted by Crippen LogP contribution is 2.16. The summed E-state index contributed by atoms with van der Waals surface area (Å²) in [6.07, 6.45) is 2.49. The molecule has 2 aromatic heterocycles. The predicted octanol–water partition coefficient (Wildman–Crippen LogP) is 1.46. The number of aromatic nitrogens is 3. The van der Waals surface area contributed by atoms with Gasteiger partial charge < -0.3 is 4.57 Å². The molecule has 2 aromatic rings. The van der Waals surface area contributed by atoms with Crippen molar-refractivity contribution in [2.75, 3.05) is 18.7 Å². The summed E-state index contributed by atoms with van der Waals surface area (Å²) in [5, 5.41) is 0. The van der Waals surface area contributed by atoms with Gasteiger partial charge in [-0.2, -0.15) is 0 Å². The van der Waals surface area contributed by atoms with E-state index in [-0.39, 0.29) is 0 Å². The maximum absolute atomic E-state index is 11.1. The molecule has 0 saturated carbocycles. The number of hydrogen-bond acceptors (Lipinski definition) is 4. The highest BCUT2D eigenvalue weighted by molar-refractivity contribution is 7.88. The molecule has 0 spiro atoms. The number of fused-ring (bicyclic) bond motifs is 1. The van der Waals surface area contributed by atoms with Crippen LogP contribution < -0.4 is 4.72 Å². The molecule has 116 valence electrons. The first kappa shape index (κ1) is 16.2. The summed E-state index contributed by atoms with van der Waals surface area (Å²) in [5.74, 6) is 1.38. The third kappa shape index (κ3) is 4.39. The smallest absolute Gasteiger partial charge is 0.208 e. The van der Waals surface area contributed by atoms with Crippen molar-refractivity contribution >= 4 is 32.8 Å². The Morgan fingerprint density at radius 1 is 1.33 bits per heavy atom. The van der Waals surface area contributed by atoms with Crippen LogP contribution in [0.15, 0.2) is 12.1 Å². The van der Waals surface area contributed by atoms with Gasteiger partial charge in [0.25, 0.3) is 0 Å². The largest absolute Gasteiger partial charge is 0.313 e. The van der Waals surface area contributed by atoms with Crippen LogP contribution in [0.4, 0.5) is 0 Å². The normalized spacial score (nSPS) is 12.1. The SMILES string of the molecule is Cc1ccc2nc(CCCl)n(CCCNS(C)(=O)=O)c2n1. The van der Waals surface area contributed by atoms with E-state index in [4.69, 9.17) is 11.6 Å². The van der Waals surface area contributed by atoms with Crippen molar-refractivity contribution in [1.82, 2.24) is 19.3 Å². The van der Waals surface area contributed by atoms with Crippen molar-refractivity contribution in [3.8, 4) is 0 Å². The summed E-state index contributed by atoms with van der Waals surface area (Å²) in [6, 6.07) is 3.87. The minimum absolute atomic E-state index is 0.393. The van der Waals surface area contributed by atoms with Gasteiger partial charge in [0.1, 0.15) is 11.3 Å². The number of halogens is 1. The highest BCUT2D eigenvalue weighted by atomic mass is 35.5. The van der Waals surface area contributed by atoms with Crippen molar-refractivity contribution in [3.63, 3.8) is 0 Å². The van der Waals surface area contributed by atoms with Gasteiger partial charge in [-0.25, -0.2) is 23.1 Å². The van der Waals surface area contributed by atoms with E-state index in [1.54, 1.807) is 0 Å². The van der Waals surface area contributed by atoms with E-state index in [2.05, 4.69) is 14.7 Å². The Morgan fingerprint density at radius 3 is 2.76 bits per heavy atom. The van der Waals surface area contributed by atoms with Gasteiger partial charge in [0.05, 0.1) is 6.26 Å². The van der Waals surface area contributed by atoms with Gasteiger partial charge >= 0.3 is 0 Å². The number of pyridine rings is 1. The summed E-state index contributed by atoms with van der Waals surface area (Å²) < 4.78 is 26.6. The lowest BCUT2D eigenvalue weighted by atomic mass is 10.3. The van der Waals surface area contributed by atoms with E-state index >= 15 is 0 Å². The lowest BCUT2D eigenvalue weighted by Crippen LogP contribution is -2.24. The molecular weight excluding hydrogens is 312 g/mol. The van der Waals surface area contributed by atoms with E-state index in [1.165, 1.54) is 0 Å². The molecule has 8 heteroatoms. The molecule has 0 amide bonds. The molecule has 0 fully saturated rings.